The molecule has 0 saturated heterocycles. The molecule has 0 aliphatic heterocycles. The fraction of sp³-hybridized carbons (Fsp3) is 0. The number of hydrogen-bond donors (Lipinski definition) is 0. The third kappa shape index (κ3) is 1.85. The van der Waals surface area contributed by atoms with E-state index in [-0.39, 0.29) is 17.1 Å². The molecule has 0 saturated carbocycles. The lowest BCUT2D eigenvalue weighted by atomic mass is 10.1. The van der Waals surface area contributed by atoms with Crippen molar-refractivity contribution in [3.8, 4) is 0 Å². The molecule has 2 aromatic carbocycles. The average molecular weight is 286 g/mol. The average Bonchev–Trinajstić information content (AvgIpc) is 2.80. The Bertz CT molecular complexity index is 936. The van der Waals surface area contributed by atoms with Crippen molar-refractivity contribution < 1.29 is 9.59 Å². The summed E-state index contributed by atoms with van der Waals surface area (Å²) in [6.45, 7) is 0. The minimum atomic E-state index is -0.254. The molecule has 0 unspecified atom stereocenters. The van der Waals surface area contributed by atoms with Gasteiger partial charge in [0.05, 0.1) is 28.5 Å². The number of fused-ring (bicyclic) bond motifs is 2. The molecule has 0 fully saturated rings. The van der Waals surface area contributed by atoms with Gasteiger partial charge in [0, 0.05) is 11.1 Å². The maximum atomic E-state index is 12.3. The van der Waals surface area contributed by atoms with Gasteiger partial charge in [-0.2, -0.15) is 0 Å². The number of hydrogen-bond acceptors (Lipinski definition) is 4. The van der Waals surface area contributed by atoms with Gasteiger partial charge in [-0.25, -0.2) is 4.98 Å². The summed E-state index contributed by atoms with van der Waals surface area (Å²) in [7, 11) is 0. The van der Waals surface area contributed by atoms with E-state index in [0.717, 1.165) is 11.0 Å². The van der Waals surface area contributed by atoms with Gasteiger partial charge in [0.2, 0.25) is 0 Å². The minimum absolute atomic E-state index is 0.144. The number of rotatable bonds is 1. The Morgan fingerprint density at radius 1 is 0.773 bits per heavy atom. The summed E-state index contributed by atoms with van der Waals surface area (Å²) in [5, 5.41) is 0. The fourth-order valence-electron chi connectivity index (χ4n) is 2.59. The van der Waals surface area contributed by atoms with Crippen LogP contribution in [0.4, 0.5) is 0 Å². The van der Waals surface area contributed by atoms with E-state index in [2.05, 4.69) is 9.97 Å². The number of aromatic nitrogens is 2. The molecule has 4 heteroatoms. The van der Waals surface area contributed by atoms with E-state index < -0.39 is 0 Å². The molecule has 104 valence electrons. The number of ketones is 2. The molecular formula is C18H10N2O2. The second-order valence-corrected chi connectivity index (χ2v) is 5.05. The summed E-state index contributed by atoms with van der Waals surface area (Å²) < 4.78 is 0. The molecule has 0 N–H and O–H groups in total. The van der Waals surface area contributed by atoms with Crippen LogP contribution in [-0.4, -0.2) is 21.5 Å². The van der Waals surface area contributed by atoms with Crippen LogP contribution in [0, 0.1) is 0 Å². The van der Waals surface area contributed by atoms with E-state index in [1.807, 2.05) is 24.3 Å². The first-order valence-corrected chi connectivity index (χ1v) is 6.86. The summed E-state index contributed by atoms with van der Waals surface area (Å²) in [4.78, 5) is 33.4. The van der Waals surface area contributed by atoms with E-state index in [0.29, 0.717) is 16.8 Å². The van der Waals surface area contributed by atoms with E-state index in [1.54, 1.807) is 30.5 Å². The van der Waals surface area contributed by atoms with E-state index in [9.17, 15) is 9.59 Å². The summed E-state index contributed by atoms with van der Waals surface area (Å²) in [6.07, 6.45) is 3.09. The highest BCUT2D eigenvalue weighted by atomic mass is 16.2. The summed E-state index contributed by atoms with van der Waals surface area (Å²) in [6, 6.07) is 14.3. The molecule has 1 aromatic heterocycles. The molecule has 1 aliphatic carbocycles. The first-order chi connectivity index (χ1) is 10.7. The molecule has 0 radical (unpaired) electrons. The number of para-hydroxylation sites is 2. The molecule has 0 bridgehead atoms. The smallest absolute Gasteiger partial charge is 0.197 e. The lowest BCUT2D eigenvalue weighted by Gasteiger charge is -1.98. The molecule has 4 nitrogen and oxygen atoms in total. The van der Waals surface area contributed by atoms with Gasteiger partial charge in [-0.3, -0.25) is 14.6 Å². The SMILES string of the molecule is O=C1C(=Cc2cnc3ccccc3n2)C(=O)c2ccccc21. The number of carbonyl (C=O) groups excluding carboxylic acids is 2. The first kappa shape index (κ1) is 12.6. The Morgan fingerprint density at radius 3 is 2.05 bits per heavy atom. The Labute approximate surface area is 126 Å². The summed E-state index contributed by atoms with van der Waals surface area (Å²) in [5.74, 6) is -0.508. The zero-order valence-corrected chi connectivity index (χ0v) is 11.5. The number of carbonyl (C=O) groups is 2. The summed E-state index contributed by atoms with van der Waals surface area (Å²) >= 11 is 0. The number of nitrogens with zero attached hydrogens (tertiary/aromatic N) is 2. The van der Waals surface area contributed by atoms with Crippen molar-refractivity contribution in [2.45, 2.75) is 0 Å². The topological polar surface area (TPSA) is 59.9 Å². The molecule has 0 spiro atoms. The highest BCUT2D eigenvalue weighted by molar-refractivity contribution is 6.41. The maximum Gasteiger partial charge on any atom is 0.197 e. The van der Waals surface area contributed by atoms with Gasteiger partial charge in [0.1, 0.15) is 0 Å². The van der Waals surface area contributed by atoms with Crippen LogP contribution in [0.1, 0.15) is 26.4 Å². The van der Waals surface area contributed by atoms with Gasteiger partial charge in [-0.05, 0) is 18.2 Å². The second kappa shape index (κ2) is 4.70. The maximum absolute atomic E-state index is 12.3. The van der Waals surface area contributed by atoms with Crippen LogP contribution in [0.3, 0.4) is 0 Å². The molecule has 22 heavy (non-hydrogen) atoms. The third-order valence-electron chi connectivity index (χ3n) is 3.66. The Hall–Kier alpha value is -3.14. The van der Waals surface area contributed by atoms with Gasteiger partial charge >= 0.3 is 0 Å². The molecule has 0 atom stereocenters. The largest absolute Gasteiger partial charge is 0.288 e. The monoisotopic (exact) mass is 286 g/mol. The van der Waals surface area contributed by atoms with Crippen LogP contribution in [0.5, 0.6) is 0 Å². The Kier molecular flexibility index (Phi) is 2.69. The normalized spacial score (nSPS) is 13.5. The highest BCUT2D eigenvalue weighted by Crippen LogP contribution is 2.27. The van der Waals surface area contributed by atoms with Gasteiger partial charge in [-0.15, -0.1) is 0 Å². The van der Waals surface area contributed by atoms with Crippen LogP contribution in [-0.2, 0) is 0 Å². The predicted molar refractivity (Wildman–Crippen MR) is 82.6 cm³/mol. The highest BCUT2D eigenvalue weighted by Gasteiger charge is 2.32. The lowest BCUT2D eigenvalue weighted by Crippen LogP contribution is -2.01. The van der Waals surface area contributed by atoms with Crippen molar-refractivity contribution in [1.29, 1.82) is 0 Å². The number of Topliss-reactive ketones (excluding diaryl/α,β-unsaturated/α-hetero) is 2. The quantitative estimate of drug-likeness (QED) is 0.509. The Balaban J connectivity index is 1.82. The molecule has 4 rings (SSSR count). The van der Waals surface area contributed by atoms with Crippen molar-refractivity contribution in [3.05, 3.63) is 77.1 Å². The van der Waals surface area contributed by atoms with Gasteiger partial charge < -0.3 is 0 Å². The molecule has 1 aliphatic rings. The van der Waals surface area contributed by atoms with Crippen molar-refractivity contribution in [2.24, 2.45) is 0 Å². The van der Waals surface area contributed by atoms with Gasteiger partial charge in [0.15, 0.2) is 11.6 Å². The van der Waals surface area contributed by atoms with E-state index in [4.69, 9.17) is 0 Å². The van der Waals surface area contributed by atoms with Crippen LogP contribution < -0.4 is 0 Å². The van der Waals surface area contributed by atoms with Crippen LogP contribution in [0.15, 0.2) is 60.3 Å². The lowest BCUT2D eigenvalue weighted by molar-refractivity contribution is 0.0990. The standard InChI is InChI=1S/C18H10N2O2/c21-17-12-5-1-2-6-13(12)18(22)14(17)9-11-10-19-15-7-3-4-8-16(15)20-11/h1-10H. The van der Waals surface area contributed by atoms with Gasteiger partial charge in [0.25, 0.3) is 0 Å². The van der Waals surface area contributed by atoms with Crippen LogP contribution >= 0.6 is 0 Å². The minimum Gasteiger partial charge on any atom is -0.288 e. The number of benzene rings is 2. The predicted octanol–water partition coefficient (Wildman–Crippen LogP) is 3.09. The van der Waals surface area contributed by atoms with E-state index in [1.165, 1.54) is 6.08 Å². The molecule has 0 amide bonds. The first-order valence-electron chi connectivity index (χ1n) is 6.86. The molecular weight excluding hydrogens is 276 g/mol. The zero-order valence-electron chi connectivity index (χ0n) is 11.5. The fourth-order valence-corrected chi connectivity index (χ4v) is 2.59. The van der Waals surface area contributed by atoms with E-state index >= 15 is 0 Å². The van der Waals surface area contributed by atoms with Gasteiger partial charge in [-0.1, -0.05) is 36.4 Å². The van der Waals surface area contributed by atoms with Crippen molar-refractivity contribution in [3.63, 3.8) is 0 Å². The number of allylic oxidation sites excluding steroid dienone is 1. The van der Waals surface area contributed by atoms with Crippen LogP contribution in [0.25, 0.3) is 17.1 Å². The third-order valence-corrected chi connectivity index (χ3v) is 3.66. The zero-order chi connectivity index (χ0) is 15.1. The van der Waals surface area contributed by atoms with Crippen LogP contribution in [0.2, 0.25) is 0 Å². The van der Waals surface area contributed by atoms with Crippen molar-refractivity contribution >= 4 is 28.7 Å². The second-order valence-electron chi connectivity index (χ2n) is 5.05. The molecule has 3 aromatic rings. The van der Waals surface area contributed by atoms with Crippen molar-refractivity contribution in [2.75, 3.05) is 0 Å². The molecule has 1 heterocycles. The Morgan fingerprint density at radius 2 is 1.36 bits per heavy atom. The summed E-state index contributed by atoms with van der Waals surface area (Å²) in [5.41, 5.74) is 3.05. The van der Waals surface area contributed by atoms with Crippen molar-refractivity contribution in [1.82, 2.24) is 9.97 Å².